The van der Waals surface area contributed by atoms with E-state index in [1.807, 2.05) is 24.3 Å². The molecular weight excluding hydrogens is 593 g/mol. The molecule has 1 spiro atoms. The Morgan fingerprint density at radius 2 is 1.73 bits per heavy atom. The van der Waals surface area contributed by atoms with Crippen molar-refractivity contribution in [3.63, 3.8) is 0 Å². The average Bonchev–Trinajstić information content (AvgIpc) is 3.56. The molecule has 4 heterocycles. The van der Waals surface area contributed by atoms with E-state index in [2.05, 4.69) is 25.8 Å². The predicted molar refractivity (Wildman–Crippen MR) is 156 cm³/mol. The van der Waals surface area contributed by atoms with Gasteiger partial charge in [-0.25, -0.2) is 9.97 Å². The van der Waals surface area contributed by atoms with Crippen molar-refractivity contribution >= 4 is 34.9 Å². The molecule has 2 amide bonds. The molecule has 2 aliphatic heterocycles. The molecule has 0 aliphatic carbocycles. The number of alkyl halides is 3. The molecule has 2 aliphatic rings. The zero-order valence-corrected chi connectivity index (χ0v) is 24.6. The Labute approximate surface area is 255 Å². The number of carbonyl (C=O) groups excluding carboxylic acids is 2. The minimum Gasteiger partial charge on any atom is -0.497 e. The van der Waals surface area contributed by atoms with E-state index >= 15 is 0 Å². The summed E-state index contributed by atoms with van der Waals surface area (Å²) in [7, 11) is 1.60. The molecule has 11 nitrogen and oxygen atoms in total. The Balaban J connectivity index is 1.19. The van der Waals surface area contributed by atoms with Crippen molar-refractivity contribution < 1.29 is 36.8 Å². The van der Waals surface area contributed by atoms with E-state index in [9.17, 15) is 22.8 Å². The molecule has 1 saturated heterocycles. The van der Waals surface area contributed by atoms with E-state index in [0.29, 0.717) is 35.0 Å². The van der Waals surface area contributed by atoms with Crippen molar-refractivity contribution in [1.29, 1.82) is 0 Å². The number of hydrogen-bond donors (Lipinski definition) is 2. The fourth-order valence-corrected chi connectivity index (χ4v) is 5.13. The first kappa shape index (κ1) is 30.1. The lowest BCUT2D eigenvalue weighted by molar-refractivity contribution is -0.181. The van der Waals surface area contributed by atoms with Crippen LogP contribution in [0, 0.1) is 0 Å². The number of nitrogens with one attached hydrogen (secondary N) is 2. The van der Waals surface area contributed by atoms with Gasteiger partial charge >= 0.3 is 6.18 Å². The molecule has 45 heavy (non-hydrogen) atoms. The van der Waals surface area contributed by atoms with Crippen LogP contribution in [-0.2, 0) is 38.1 Å². The van der Waals surface area contributed by atoms with Crippen LogP contribution < -0.4 is 20.3 Å². The van der Waals surface area contributed by atoms with Gasteiger partial charge in [0.15, 0.2) is 5.82 Å². The topological polar surface area (TPSA) is 132 Å². The fourth-order valence-electron chi connectivity index (χ4n) is 5.13. The highest BCUT2D eigenvalue weighted by molar-refractivity contribution is 6.15. The minimum absolute atomic E-state index is 0.0981. The van der Waals surface area contributed by atoms with Gasteiger partial charge in [-0.2, -0.15) is 13.2 Å². The lowest BCUT2D eigenvalue weighted by Gasteiger charge is -2.35. The standard InChI is InChI=1S/C31H29F3N6O5/c1-29(2,31(32,33)34)22-13-24(45-39-22)38-23(41)12-18-4-8-20(9-5-18)40-25-26(30(28(40)42)15-44-16-30)36-17-37-27(25)35-14-19-6-10-21(43-3)11-7-19/h4-11,13,17H,12,14-16H2,1-3H3,(H,38,41)(H,35,36,37). The quantitative estimate of drug-likeness (QED) is 0.263. The molecule has 0 bridgehead atoms. The number of hydrogen-bond acceptors (Lipinski definition) is 9. The number of amides is 2. The predicted octanol–water partition coefficient (Wildman–Crippen LogP) is 5.05. The molecule has 2 N–H and O–H groups in total. The van der Waals surface area contributed by atoms with Gasteiger partial charge in [0.2, 0.25) is 17.7 Å². The number of fused-ring (bicyclic) bond motifs is 2. The second-order valence-electron chi connectivity index (χ2n) is 11.4. The van der Waals surface area contributed by atoms with Gasteiger partial charge in [-0.05, 0) is 49.2 Å². The Bertz CT molecular complexity index is 1730. The maximum absolute atomic E-state index is 13.8. The number of rotatable bonds is 9. The molecule has 6 rings (SSSR count). The third-order valence-corrected chi connectivity index (χ3v) is 8.11. The zero-order valence-electron chi connectivity index (χ0n) is 24.6. The first-order chi connectivity index (χ1) is 21.4. The minimum atomic E-state index is -4.55. The molecule has 0 radical (unpaired) electrons. The van der Waals surface area contributed by atoms with Gasteiger partial charge in [0.1, 0.15) is 34.3 Å². The summed E-state index contributed by atoms with van der Waals surface area (Å²) in [6, 6.07) is 15.4. The SMILES string of the molecule is COc1ccc(CNc2ncnc3c2N(c2ccc(CC(=O)Nc4cc(C(C)(C)C(F)(F)F)no4)cc2)C(=O)C32COC2)cc1. The summed E-state index contributed by atoms with van der Waals surface area (Å²) in [5.41, 5.74) is -0.267. The monoisotopic (exact) mass is 622 g/mol. The van der Waals surface area contributed by atoms with Crippen LogP contribution in [0.25, 0.3) is 0 Å². The first-order valence-electron chi connectivity index (χ1n) is 14.0. The Kier molecular flexibility index (Phi) is 7.47. The highest BCUT2D eigenvalue weighted by Gasteiger charge is 2.59. The van der Waals surface area contributed by atoms with E-state index in [-0.39, 0.29) is 37.1 Å². The van der Waals surface area contributed by atoms with Crippen LogP contribution in [-0.4, -0.2) is 53.4 Å². The van der Waals surface area contributed by atoms with Crippen molar-refractivity contribution in [2.24, 2.45) is 0 Å². The van der Waals surface area contributed by atoms with Gasteiger partial charge in [-0.3, -0.25) is 19.8 Å². The summed E-state index contributed by atoms with van der Waals surface area (Å²) in [5, 5.41) is 9.26. The molecule has 4 aromatic rings. The molecule has 234 valence electrons. The summed E-state index contributed by atoms with van der Waals surface area (Å²) in [6.07, 6.45) is -3.22. The number of methoxy groups -OCH3 is 1. The smallest absolute Gasteiger partial charge is 0.399 e. The van der Waals surface area contributed by atoms with Gasteiger partial charge in [-0.1, -0.05) is 29.4 Å². The van der Waals surface area contributed by atoms with E-state index in [1.165, 1.54) is 6.33 Å². The Morgan fingerprint density at radius 1 is 1.04 bits per heavy atom. The highest BCUT2D eigenvalue weighted by Crippen LogP contribution is 2.50. The van der Waals surface area contributed by atoms with Crippen molar-refractivity contribution in [2.45, 2.75) is 43.8 Å². The number of anilines is 4. The number of benzene rings is 2. The average molecular weight is 623 g/mol. The maximum Gasteiger partial charge on any atom is 0.399 e. The van der Waals surface area contributed by atoms with E-state index in [0.717, 1.165) is 31.2 Å². The fraction of sp³-hybridized carbons (Fsp3) is 0.323. The molecule has 1 fully saturated rings. The number of nitrogens with zero attached hydrogens (tertiary/aromatic N) is 4. The largest absolute Gasteiger partial charge is 0.497 e. The summed E-state index contributed by atoms with van der Waals surface area (Å²) < 4.78 is 55.6. The number of carbonyl (C=O) groups is 2. The summed E-state index contributed by atoms with van der Waals surface area (Å²) in [5.74, 6) is 0.331. The second-order valence-corrected chi connectivity index (χ2v) is 11.4. The van der Waals surface area contributed by atoms with Gasteiger partial charge in [-0.15, -0.1) is 0 Å². The van der Waals surface area contributed by atoms with Crippen LogP contribution in [0.5, 0.6) is 5.75 Å². The third-order valence-electron chi connectivity index (χ3n) is 8.11. The van der Waals surface area contributed by atoms with Crippen molar-refractivity contribution in [3.05, 3.63) is 83.4 Å². The Hall–Kier alpha value is -4.98. The molecule has 0 unspecified atom stereocenters. The van der Waals surface area contributed by atoms with E-state index < -0.39 is 22.9 Å². The van der Waals surface area contributed by atoms with E-state index in [4.69, 9.17) is 14.0 Å². The zero-order chi connectivity index (χ0) is 32.0. The molecule has 14 heteroatoms. The molecule has 2 aromatic carbocycles. The summed E-state index contributed by atoms with van der Waals surface area (Å²) >= 11 is 0. The maximum atomic E-state index is 13.8. The van der Waals surface area contributed by atoms with Crippen LogP contribution in [0.1, 0.15) is 36.4 Å². The van der Waals surface area contributed by atoms with Crippen LogP contribution in [0.3, 0.4) is 0 Å². The highest BCUT2D eigenvalue weighted by atomic mass is 19.4. The third kappa shape index (κ3) is 5.35. The van der Waals surface area contributed by atoms with E-state index in [1.54, 1.807) is 36.3 Å². The molecule has 2 aromatic heterocycles. The lowest BCUT2D eigenvalue weighted by Crippen LogP contribution is -2.53. The van der Waals surface area contributed by atoms with Crippen LogP contribution in [0.4, 0.5) is 36.2 Å². The second kappa shape index (κ2) is 11.2. The van der Waals surface area contributed by atoms with Crippen molar-refractivity contribution in [3.8, 4) is 5.75 Å². The van der Waals surface area contributed by atoms with Crippen molar-refractivity contribution in [2.75, 3.05) is 35.9 Å². The number of ether oxygens (including phenoxy) is 2. The summed E-state index contributed by atoms with van der Waals surface area (Å²) in [6.45, 7) is 2.80. The normalized spacial score (nSPS) is 15.5. The Morgan fingerprint density at radius 3 is 2.36 bits per heavy atom. The van der Waals surface area contributed by atoms with Gasteiger partial charge in [0.25, 0.3) is 0 Å². The van der Waals surface area contributed by atoms with Crippen LogP contribution in [0.2, 0.25) is 0 Å². The van der Waals surface area contributed by atoms with Gasteiger partial charge < -0.3 is 19.3 Å². The van der Waals surface area contributed by atoms with Crippen LogP contribution in [0.15, 0.2) is 65.4 Å². The lowest BCUT2D eigenvalue weighted by atomic mass is 9.83. The summed E-state index contributed by atoms with van der Waals surface area (Å²) in [4.78, 5) is 37.0. The first-order valence-corrected chi connectivity index (χ1v) is 14.0. The van der Waals surface area contributed by atoms with Crippen molar-refractivity contribution in [1.82, 2.24) is 15.1 Å². The molecular formula is C31H29F3N6O5. The van der Waals surface area contributed by atoms with Crippen LogP contribution >= 0.6 is 0 Å². The number of aromatic nitrogens is 3. The molecule has 0 saturated carbocycles. The van der Waals surface area contributed by atoms with Gasteiger partial charge in [0, 0.05) is 18.3 Å². The number of halogens is 3. The molecule has 0 atom stereocenters. The van der Waals surface area contributed by atoms with Gasteiger partial charge in [0.05, 0.1) is 32.4 Å².